The number of rotatable bonds is 5. The number of esters is 1. The van der Waals surface area contributed by atoms with Crippen LogP contribution in [-0.4, -0.2) is 5.97 Å². The third kappa shape index (κ3) is 4.11. The van der Waals surface area contributed by atoms with Gasteiger partial charge in [-0.1, -0.05) is 48.5 Å². The van der Waals surface area contributed by atoms with Crippen LogP contribution in [0.2, 0.25) is 0 Å². The maximum absolute atomic E-state index is 14.2. The molecule has 0 fully saturated rings. The second-order valence-electron chi connectivity index (χ2n) is 5.65. The molecule has 0 N–H and O–H groups in total. The van der Waals surface area contributed by atoms with Crippen molar-refractivity contribution in [3.63, 3.8) is 0 Å². The molecule has 0 saturated carbocycles. The Morgan fingerprint density at radius 1 is 1.04 bits per heavy atom. The third-order valence-corrected chi connectivity index (χ3v) is 4.40. The zero-order chi connectivity index (χ0) is 18.5. The van der Waals surface area contributed by atoms with Crippen molar-refractivity contribution in [1.82, 2.24) is 0 Å². The fourth-order valence-electron chi connectivity index (χ4n) is 2.46. The summed E-state index contributed by atoms with van der Waals surface area (Å²) < 4.78 is 25.8. The number of benzene rings is 3. The molecule has 0 spiro atoms. The van der Waals surface area contributed by atoms with Crippen LogP contribution >= 0.6 is 15.9 Å². The summed E-state index contributed by atoms with van der Waals surface area (Å²) >= 11 is 3.29. The summed E-state index contributed by atoms with van der Waals surface area (Å²) in [5, 5.41) is 0. The summed E-state index contributed by atoms with van der Waals surface area (Å²) in [6, 6.07) is 19.4. The van der Waals surface area contributed by atoms with E-state index in [1.54, 1.807) is 24.3 Å². The largest absolute Gasteiger partial charge is 0.487 e. The van der Waals surface area contributed by atoms with Gasteiger partial charge in [0.15, 0.2) is 0 Å². The lowest BCUT2D eigenvalue weighted by Crippen LogP contribution is -2.14. The molecule has 0 saturated heterocycles. The van der Waals surface area contributed by atoms with E-state index in [-0.39, 0.29) is 23.5 Å². The quantitative estimate of drug-likeness (QED) is 0.397. The molecular formula is C21H16BrFO3. The number of hydrogen-bond acceptors (Lipinski definition) is 3. The zero-order valence-electron chi connectivity index (χ0n) is 14.0. The predicted molar refractivity (Wildman–Crippen MR) is 101 cm³/mol. The summed E-state index contributed by atoms with van der Waals surface area (Å²) in [6.07, 6.45) is 0. The molecule has 0 bridgehead atoms. The highest BCUT2D eigenvalue weighted by atomic mass is 79.9. The minimum atomic E-state index is -0.669. The van der Waals surface area contributed by atoms with Crippen LogP contribution in [0.5, 0.6) is 11.5 Å². The SMILES string of the molecule is Cc1c(F)cc(Br)c(OCc2ccccc2)c1C(=O)Oc1ccccc1. The van der Waals surface area contributed by atoms with E-state index < -0.39 is 11.8 Å². The first-order valence-corrected chi connectivity index (χ1v) is 8.78. The van der Waals surface area contributed by atoms with Crippen molar-refractivity contribution < 1.29 is 18.7 Å². The maximum atomic E-state index is 14.2. The molecule has 0 radical (unpaired) electrons. The Labute approximate surface area is 159 Å². The molecule has 5 heteroatoms. The first-order chi connectivity index (χ1) is 12.6. The monoisotopic (exact) mass is 414 g/mol. The van der Waals surface area contributed by atoms with Gasteiger partial charge in [-0.2, -0.15) is 0 Å². The standard InChI is InChI=1S/C21H16BrFO3/c1-14-18(23)12-17(22)20(25-13-15-8-4-2-5-9-15)19(14)21(24)26-16-10-6-3-7-11-16/h2-12H,13H2,1H3. The number of para-hydroxylation sites is 1. The van der Waals surface area contributed by atoms with E-state index in [4.69, 9.17) is 9.47 Å². The van der Waals surface area contributed by atoms with Gasteiger partial charge in [0.1, 0.15) is 29.5 Å². The molecule has 0 atom stereocenters. The Morgan fingerprint density at radius 2 is 1.65 bits per heavy atom. The van der Waals surface area contributed by atoms with E-state index in [0.29, 0.717) is 10.2 Å². The number of hydrogen-bond donors (Lipinski definition) is 0. The van der Waals surface area contributed by atoms with Gasteiger partial charge in [-0.15, -0.1) is 0 Å². The van der Waals surface area contributed by atoms with Gasteiger partial charge in [-0.05, 0) is 46.6 Å². The van der Waals surface area contributed by atoms with Crippen molar-refractivity contribution >= 4 is 21.9 Å². The van der Waals surface area contributed by atoms with Crippen LogP contribution in [0.4, 0.5) is 4.39 Å². The molecule has 3 rings (SSSR count). The highest BCUT2D eigenvalue weighted by molar-refractivity contribution is 9.10. The first kappa shape index (κ1) is 18.1. The average molecular weight is 415 g/mol. The van der Waals surface area contributed by atoms with Crippen molar-refractivity contribution in [1.29, 1.82) is 0 Å². The lowest BCUT2D eigenvalue weighted by Gasteiger charge is -2.16. The molecule has 0 aromatic heterocycles. The molecule has 26 heavy (non-hydrogen) atoms. The van der Waals surface area contributed by atoms with Crippen LogP contribution in [0.3, 0.4) is 0 Å². The van der Waals surface area contributed by atoms with Gasteiger partial charge < -0.3 is 9.47 Å². The summed E-state index contributed by atoms with van der Waals surface area (Å²) in [7, 11) is 0. The van der Waals surface area contributed by atoms with Crippen LogP contribution in [0.1, 0.15) is 21.5 Å². The molecule has 3 aromatic rings. The highest BCUT2D eigenvalue weighted by Crippen LogP contribution is 2.35. The van der Waals surface area contributed by atoms with Crippen LogP contribution in [0.25, 0.3) is 0 Å². The second-order valence-corrected chi connectivity index (χ2v) is 6.50. The van der Waals surface area contributed by atoms with Crippen LogP contribution in [0.15, 0.2) is 71.2 Å². The fourth-order valence-corrected chi connectivity index (χ4v) is 2.97. The van der Waals surface area contributed by atoms with Crippen molar-refractivity contribution in [3.8, 4) is 11.5 Å². The highest BCUT2D eigenvalue weighted by Gasteiger charge is 2.24. The van der Waals surface area contributed by atoms with Crippen molar-refractivity contribution in [2.45, 2.75) is 13.5 Å². The van der Waals surface area contributed by atoms with Gasteiger partial charge in [0.05, 0.1) is 4.47 Å². The van der Waals surface area contributed by atoms with Gasteiger partial charge in [-0.3, -0.25) is 0 Å². The molecule has 0 heterocycles. The van der Waals surface area contributed by atoms with E-state index in [0.717, 1.165) is 5.56 Å². The van der Waals surface area contributed by atoms with Crippen LogP contribution in [-0.2, 0) is 6.61 Å². The maximum Gasteiger partial charge on any atom is 0.347 e. The van der Waals surface area contributed by atoms with Crippen LogP contribution < -0.4 is 9.47 Å². The Balaban J connectivity index is 1.93. The Bertz CT molecular complexity index is 912. The zero-order valence-corrected chi connectivity index (χ0v) is 15.6. The van der Waals surface area contributed by atoms with Gasteiger partial charge >= 0.3 is 5.97 Å². The van der Waals surface area contributed by atoms with E-state index >= 15 is 0 Å². The predicted octanol–water partition coefficient (Wildman–Crippen LogP) is 5.69. The van der Waals surface area contributed by atoms with Crippen molar-refractivity contribution in [3.05, 3.63) is 93.7 Å². The van der Waals surface area contributed by atoms with Gasteiger partial charge in [0.25, 0.3) is 0 Å². The summed E-state index contributed by atoms with van der Waals surface area (Å²) in [6.45, 7) is 1.77. The lowest BCUT2D eigenvalue weighted by molar-refractivity contribution is 0.0728. The molecule has 132 valence electrons. The Kier molecular flexibility index (Phi) is 5.68. The first-order valence-electron chi connectivity index (χ1n) is 7.99. The number of carbonyl (C=O) groups excluding carboxylic acids is 1. The lowest BCUT2D eigenvalue weighted by atomic mass is 10.1. The number of ether oxygens (including phenoxy) is 2. The molecule has 3 aromatic carbocycles. The summed E-state index contributed by atoms with van der Waals surface area (Å²) in [5.74, 6) is -0.541. The normalized spacial score (nSPS) is 10.4. The minimum absolute atomic E-state index is 0.0664. The summed E-state index contributed by atoms with van der Waals surface area (Å²) in [4.78, 5) is 12.7. The van der Waals surface area contributed by atoms with Crippen molar-refractivity contribution in [2.24, 2.45) is 0 Å². The Morgan fingerprint density at radius 3 is 2.31 bits per heavy atom. The molecule has 3 nitrogen and oxygen atoms in total. The summed E-state index contributed by atoms with van der Waals surface area (Å²) in [5.41, 5.74) is 1.18. The molecule has 0 amide bonds. The van der Waals surface area contributed by atoms with Crippen LogP contribution in [0, 0.1) is 12.7 Å². The Hall–Kier alpha value is -2.66. The van der Waals surface area contributed by atoms with E-state index in [9.17, 15) is 9.18 Å². The molecule has 0 unspecified atom stereocenters. The fraction of sp³-hybridized carbons (Fsp3) is 0.0952. The molecule has 0 aliphatic rings. The minimum Gasteiger partial charge on any atom is -0.487 e. The van der Waals surface area contributed by atoms with Gasteiger partial charge in [0, 0.05) is 5.56 Å². The topological polar surface area (TPSA) is 35.5 Å². The van der Waals surface area contributed by atoms with E-state index in [1.807, 2.05) is 36.4 Å². The molecule has 0 aliphatic heterocycles. The van der Waals surface area contributed by atoms with Crippen molar-refractivity contribution in [2.75, 3.05) is 0 Å². The third-order valence-electron chi connectivity index (χ3n) is 3.81. The second kappa shape index (κ2) is 8.15. The van der Waals surface area contributed by atoms with Gasteiger partial charge in [0.2, 0.25) is 0 Å². The van der Waals surface area contributed by atoms with E-state index in [1.165, 1.54) is 13.0 Å². The van der Waals surface area contributed by atoms with Gasteiger partial charge in [-0.25, -0.2) is 9.18 Å². The number of carbonyl (C=O) groups is 1. The molecular weight excluding hydrogens is 399 g/mol. The smallest absolute Gasteiger partial charge is 0.347 e. The van der Waals surface area contributed by atoms with E-state index in [2.05, 4.69) is 15.9 Å². The average Bonchev–Trinajstić information content (AvgIpc) is 2.65. The molecule has 0 aliphatic carbocycles. The number of halogens is 2.